The highest BCUT2D eigenvalue weighted by Crippen LogP contribution is 2.33. The molecule has 2 aromatic rings. The molecule has 2 aromatic heterocycles. The van der Waals surface area contributed by atoms with Crippen molar-refractivity contribution in [2.24, 2.45) is 0 Å². The number of aryl methyl sites for hydroxylation is 1. The molecule has 0 saturated heterocycles. The van der Waals surface area contributed by atoms with Crippen LogP contribution in [-0.2, 0) is 0 Å². The van der Waals surface area contributed by atoms with Crippen molar-refractivity contribution in [1.29, 1.82) is 0 Å². The number of nitrogens with zero attached hydrogens (tertiary/aromatic N) is 4. The van der Waals surface area contributed by atoms with Gasteiger partial charge in [-0.15, -0.1) is 0 Å². The summed E-state index contributed by atoms with van der Waals surface area (Å²) in [5.74, 6) is 0. The van der Waals surface area contributed by atoms with Crippen LogP contribution in [0.25, 0.3) is 11.2 Å². The summed E-state index contributed by atoms with van der Waals surface area (Å²) in [5.41, 5.74) is 1.72. The van der Waals surface area contributed by atoms with Gasteiger partial charge in [-0.3, -0.25) is 0 Å². The minimum atomic E-state index is -1.17. The van der Waals surface area contributed by atoms with E-state index in [0.29, 0.717) is 16.9 Å². The SMILES string of the molecule is Cc1nc(Cl)nc2c1ncn2[C@H]1C[C@@H](O)[C@H](O)[C@@H]1O. The summed E-state index contributed by atoms with van der Waals surface area (Å²) in [6.07, 6.45) is -1.45. The highest BCUT2D eigenvalue weighted by Gasteiger charge is 2.42. The van der Waals surface area contributed by atoms with E-state index >= 15 is 0 Å². The Morgan fingerprint density at radius 1 is 1.26 bits per heavy atom. The molecule has 4 atom stereocenters. The van der Waals surface area contributed by atoms with Gasteiger partial charge in [0.05, 0.1) is 24.2 Å². The first kappa shape index (κ1) is 12.7. The number of aromatic nitrogens is 4. The smallest absolute Gasteiger partial charge is 0.224 e. The van der Waals surface area contributed by atoms with Crippen LogP contribution in [0.1, 0.15) is 18.2 Å². The van der Waals surface area contributed by atoms with Gasteiger partial charge >= 0.3 is 0 Å². The van der Waals surface area contributed by atoms with E-state index < -0.39 is 24.4 Å². The summed E-state index contributed by atoms with van der Waals surface area (Å²) < 4.78 is 1.62. The third kappa shape index (κ3) is 1.90. The monoisotopic (exact) mass is 284 g/mol. The first-order valence-corrected chi connectivity index (χ1v) is 6.27. The molecular weight excluding hydrogens is 272 g/mol. The summed E-state index contributed by atoms with van der Waals surface area (Å²) in [6.45, 7) is 1.77. The van der Waals surface area contributed by atoms with Gasteiger partial charge in [0.2, 0.25) is 5.28 Å². The molecule has 1 aliphatic rings. The molecule has 19 heavy (non-hydrogen) atoms. The van der Waals surface area contributed by atoms with E-state index in [0.717, 1.165) is 0 Å². The largest absolute Gasteiger partial charge is 0.390 e. The van der Waals surface area contributed by atoms with Crippen LogP contribution < -0.4 is 0 Å². The average molecular weight is 285 g/mol. The third-order valence-corrected chi connectivity index (χ3v) is 3.72. The quantitative estimate of drug-likeness (QED) is 0.627. The Kier molecular flexibility index (Phi) is 2.94. The maximum Gasteiger partial charge on any atom is 0.224 e. The fraction of sp³-hybridized carbons (Fsp3) is 0.545. The lowest BCUT2D eigenvalue weighted by atomic mass is 10.2. The van der Waals surface area contributed by atoms with Crippen LogP contribution in [0, 0.1) is 6.92 Å². The second-order valence-corrected chi connectivity index (χ2v) is 5.09. The maximum absolute atomic E-state index is 9.96. The summed E-state index contributed by atoms with van der Waals surface area (Å²) in [7, 11) is 0. The standard InChI is InChI=1S/C11H13ClN4O3/c1-4-7-10(15-11(12)14-4)16(3-13-7)5-2-6(17)9(19)8(5)18/h3,5-6,8-9,17-19H,2H2,1H3/t5-,6+,8+,9-/m0/s1. The van der Waals surface area contributed by atoms with Crippen molar-refractivity contribution in [2.45, 2.75) is 37.7 Å². The molecule has 0 amide bonds. The second-order valence-electron chi connectivity index (χ2n) is 4.75. The number of hydrogen-bond acceptors (Lipinski definition) is 6. The highest BCUT2D eigenvalue weighted by molar-refractivity contribution is 6.28. The van der Waals surface area contributed by atoms with E-state index in [9.17, 15) is 15.3 Å². The summed E-state index contributed by atoms with van der Waals surface area (Å²) in [5, 5.41) is 29.3. The summed E-state index contributed by atoms with van der Waals surface area (Å²) in [6, 6.07) is -0.486. The van der Waals surface area contributed by atoms with Gasteiger partial charge in [-0.05, 0) is 24.9 Å². The van der Waals surface area contributed by atoms with Crippen LogP contribution in [0.15, 0.2) is 6.33 Å². The van der Waals surface area contributed by atoms with Gasteiger partial charge in [0.1, 0.15) is 17.7 Å². The van der Waals surface area contributed by atoms with Gasteiger partial charge in [-0.25, -0.2) is 9.97 Å². The van der Waals surface area contributed by atoms with Crippen LogP contribution in [-0.4, -0.2) is 53.2 Å². The lowest BCUT2D eigenvalue weighted by Crippen LogP contribution is -2.31. The number of aliphatic hydroxyl groups excluding tert-OH is 3. The Hall–Kier alpha value is -1.28. The average Bonchev–Trinajstić information content (AvgIpc) is 2.86. The van der Waals surface area contributed by atoms with Crippen molar-refractivity contribution >= 4 is 22.8 Å². The fourth-order valence-electron chi connectivity index (χ4n) is 2.53. The number of halogens is 1. The fourth-order valence-corrected chi connectivity index (χ4v) is 2.73. The molecule has 0 aliphatic heterocycles. The first-order chi connectivity index (χ1) is 8.99. The van der Waals surface area contributed by atoms with Gasteiger partial charge < -0.3 is 19.9 Å². The van der Waals surface area contributed by atoms with Crippen molar-refractivity contribution < 1.29 is 15.3 Å². The Labute approximate surface area is 113 Å². The number of hydrogen-bond donors (Lipinski definition) is 3. The molecule has 1 fully saturated rings. The van der Waals surface area contributed by atoms with E-state index in [4.69, 9.17) is 11.6 Å². The van der Waals surface area contributed by atoms with Crippen molar-refractivity contribution in [3.63, 3.8) is 0 Å². The summed E-state index contributed by atoms with van der Waals surface area (Å²) in [4.78, 5) is 12.3. The number of fused-ring (bicyclic) bond motifs is 1. The molecular formula is C11H13ClN4O3. The summed E-state index contributed by atoms with van der Waals surface area (Å²) >= 11 is 5.83. The number of imidazole rings is 1. The van der Waals surface area contributed by atoms with Crippen molar-refractivity contribution in [3.8, 4) is 0 Å². The molecule has 1 aliphatic carbocycles. The number of rotatable bonds is 1. The first-order valence-electron chi connectivity index (χ1n) is 5.90. The van der Waals surface area contributed by atoms with Crippen LogP contribution in [0.4, 0.5) is 0 Å². The maximum atomic E-state index is 9.96. The van der Waals surface area contributed by atoms with Gasteiger partial charge in [-0.2, -0.15) is 4.98 Å². The molecule has 3 rings (SSSR count). The van der Waals surface area contributed by atoms with Gasteiger partial charge in [0.25, 0.3) is 0 Å². The lowest BCUT2D eigenvalue weighted by Gasteiger charge is -2.17. The lowest BCUT2D eigenvalue weighted by molar-refractivity contribution is -0.0244. The Bertz CT molecular complexity index is 632. The van der Waals surface area contributed by atoms with Gasteiger partial charge in [-0.1, -0.05) is 0 Å². The molecule has 0 radical (unpaired) electrons. The van der Waals surface area contributed by atoms with E-state index in [-0.39, 0.29) is 11.7 Å². The second kappa shape index (κ2) is 4.38. The minimum Gasteiger partial charge on any atom is -0.390 e. The number of aliphatic hydroxyl groups is 3. The van der Waals surface area contributed by atoms with E-state index in [1.807, 2.05) is 0 Å². The topological polar surface area (TPSA) is 104 Å². The zero-order valence-corrected chi connectivity index (χ0v) is 10.9. The molecule has 0 unspecified atom stereocenters. The molecule has 2 heterocycles. The van der Waals surface area contributed by atoms with Crippen LogP contribution in [0.2, 0.25) is 5.28 Å². The zero-order chi connectivity index (χ0) is 13.7. The van der Waals surface area contributed by atoms with E-state index in [2.05, 4.69) is 15.0 Å². The molecule has 102 valence electrons. The Morgan fingerprint density at radius 3 is 2.63 bits per heavy atom. The van der Waals surface area contributed by atoms with Gasteiger partial charge in [0.15, 0.2) is 5.65 Å². The predicted molar refractivity (Wildman–Crippen MR) is 66.7 cm³/mol. The van der Waals surface area contributed by atoms with Crippen LogP contribution >= 0.6 is 11.6 Å². The molecule has 1 saturated carbocycles. The van der Waals surface area contributed by atoms with E-state index in [1.54, 1.807) is 11.5 Å². The highest BCUT2D eigenvalue weighted by atomic mass is 35.5. The normalized spacial score (nSPS) is 31.2. The molecule has 0 bridgehead atoms. The van der Waals surface area contributed by atoms with Crippen LogP contribution in [0.5, 0.6) is 0 Å². The Morgan fingerprint density at radius 2 is 2.00 bits per heavy atom. The molecule has 3 N–H and O–H groups in total. The van der Waals surface area contributed by atoms with Crippen molar-refractivity contribution in [1.82, 2.24) is 19.5 Å². The minimum absolute atomic E-state index is 0.0975. The molecule has 8 heteroatoms. The van der Waals surface area contributed by atoms with Crippen LogP contribution in [0.3, 0.4) is 0 Å². The molecule has 7 nitrogen and oxygen atoms in total. The molecule has 0 spiro atoms. The zero-order valence-electron chi connectivity index (χ0n) is 10.1. The third-order valence-electron chi connectivity index (χ3n) is 3.55. The van der Waals surface area contributed by atoms with Crippen molar-refractivity contribution in [2.75, 3.05) is 0 Å². The van der Waals surface area contributed by atoms with E-state index in [1.165, 1.54) is 6.33 Å². The van der Waals surface area contributed by atoms with Gasteiger partial charge in [0, 0.05) is 0 Å². The Balaban J connectivity index is 2.11. The van der Waals surface area contributed by atoms with Crippen molar-refractivity contribution in [3.05, 3.63) is 17.3 Å². The predicted octanol–water partition coefficient (Wildman–Crippen LogP) is -0.184. The molecule has 0 aromatic carbocycles.